The Hall–Kier alpha value is -3.35. The van der Waals surface area contributed by atoms with Crippen LogP contribution in [0.2, 0.25) is 0 Å². The second-order valence-electron chi connectivity index (χ2n) is 7.40. The van der Waals surface area contributed by atoms with Crippen molar-refractivity contribution in [3.8, 4) is 0 Å². The maximum atomic E-state index is 12.8. The molecule has 1 unspecified atom stereocenters. The summed E-state index contributed by atoms with van der Waals surface area (Å²) < 4.78 is 10.3. The van der Waals surface area contributed by atoms with E-state index in [1.807, 2.05) is 25.1 Å². The van der Waals surface area contributed by atoms with Crippen LogP contribution in [0.15, 0.2) is 55.7 Å². The van der Waals surface area contributed by atoms with Crippen LogP contribution >= 0.6 is 0 Å². The molecule has 7 heteroatoms. The molecule has 7 nitrogen and oxygen atoms in total. The second-order valence-corrected chi connectivity index (χ2v) is 7.40. The molecule has 0 spiro atoms. The van der Waals surface area contributed by atoms with E-state index in [1.54, 1.807) is 26.8 Å². The third-order valence-electron chi connectivity index (χ3n) is 4.18. The number of ether oxygens (including phenoxy) is 2. The number of allylic oxidation sites excluding steroid dienone is 1. The van der Waals surface area contributed by atoms with E-state index in [0.717, 1.165) is 22.3 Å². The molecule has 30 heavy (non-hydrogen) atoms. The van der Waals surface area contributed by atoms with Crippen LogP contribution in [0.4, 0.5) is 4.79 Å². The Morgan fingerprint density at radius 1 is 1.20 bits per heavy atom. The molecule has 0 aliphatic rings. The van der Waals surface area contributed by atoms with Gasteiger partial charge in [-0.2, -0.15) is 0 Å². The zero-order valence-corrected chi connectivity index (χ0v) is 18.2. The van der Waals surface area contributed by atoms with Crippen LogP contribution in [0.3, 0.4) is 0 Å². The molecule has 0 fully saturated rings. The highest BCUT2D eigenvalue weighted by atomic mass is 16.8. The van der Waals surface area contributed by atoms with Crippen molar-refractivity contribution in [1.29, 1.82) is 0 Å². The number of hydroxylamine groups is 2. The van der Waals surface area contributed by atoms with Gasteiger partial charge in [-0.25, -0.2) is 14.4 Å². The van der Waals surface area contributed by atoms with Gasteiger partial charge in [0, 0.05) is 11.6 Å². The first-order valence-electron chi connectivity index (χ1n) is 9.34. The lowest BCUT2D eigenvalue weighted by molar-refractivity contribution is -0.201. The molecule has 1 rings (SSSR count). The standard InChI is InChI=1S/C23H29NO6/c1-9-20(25)30-24(22(27)29-17(6)14-28-21(26)16(4)5)23(7,8)19-12-10-11-18(13-19)15(2)3/h9-13,17H,1-2,4,14H2,3,5-8H3. The minimum Gasteiger partial charge on any atom is -0.458 e. The molecule has 0 aliphatic carbocycles. The third-order valence-corrected chi connectivity index (χ3v) is 4.18. The summed E-state index contributed by atoms with van der Waals surface area (Å²) in [5.41, 5.74) is 1.56. The SMILES string of the molecule is C=CC(=O)ON(C(=O)OC(C)COC(=O)C(=C)C)C(C)(C)c1cccc(C(=C)C)c1. The largest absolute Gasteiger partial charge is 0.458 e. The molecule has 0 aliphatic heterocycles. The van der Waals surface area contributed by atoms with E-state index in [9.17, 15) is 14.4 Å². The maximum absolute atomic E-state index is 12.8. The Kier molecular flexibility index (Phi) is 8.59. The van der Waals surface area contributed by atoms with Gasteiger partial charge in [0.25, 0.3) is 0 Å². The number of benzene rings is 1. The van der Waals surface area contributed by atoms with Crippen molar-refractivity contribution in [2.45, 2.75) is 46.3 Å². The zero-order chi connectivity index (χ0) is 23.1. The van der Waals surface area contributed by atoms with E-state index < -0.39 is 29.7 Å². The van der Waals surface area contributed by atoms with Crippen LogP contribution in [0, 0.1) is 0 Å². The fourth-order valence-corrected chi connectivity index (χ4v) is 2.36. The van der Waals surface area contributed by atoms with Crippen molar-refractivity contribution in [3.05, 3.63) is 66.8 Å². The lowest BCUT2D eigenvalue weighted by atomic mass is 9.91. The number of rotatable bonds is 8. The van der Waals surface area contributed by atoms with Gasteiger partial charge in [0.15, 0.2) is 0 Å². The minimum atomic E-state index is -1.09. The van der Waals surface area contributed by atoms with Crippen LogP contribution < -0.4 is 0 Å². The summed E-state index contributed by atoms with van der Waals surface area (Å²) in [4.78, 5) is 41.4. The molecule has 1 aromatic carbocycles. The average molecular weight is 415 g/mol. The first-order chi connectivity index (χ1) is 13.9. The highest BCUT2D eigenvalue weighted by Gasteiger charge is 2.38. The molecule has 162 valence electrons. The van der Waals surface area contributed by atoms with Crippen molar-refractivity contribution >= 4 is 23.6 Å². The lowest BCUT2D eigenvalue weighted by Gasteiger charge is -2.36. The molecule has 0 bridgehead atoms. The number of nitrogens with zero attached hydrogens (tertiary/aromatic N) is 1. The zero-order valence-electron chi connectivity index (χ0n) is 18.2. The quantitative estimate of drug-likeness (QED) is 0.352. The van der Waals surface area contributed by atoms with E-state index in [-0.39, 0.29) is 12.2 Å². The Morgan fingerprint density at radius 2 is 1.83 bits per heavy atom. The summed E-state index contributed by atoms with van der Waals surface area (Å²) in [7, 11) is 0. The summed E-state index contributed by atoms with van der Waals surface area (Å²) in [6.45, 7) is 18.9. The molecular weight excluding hydrogens is 386 g/mol. The van der Waals surface area contributed by atoms with Gasteiger partial charge < -0.3 is 14.3 Å². The van der Waals surface area contributed by atoms with Gasteiger partial charge >= 0.3 is 18.0 Å². The monoisotopic (exact) mass is 415 g/mol. The van der Waals surface area contributed by atoms with Gasteiger partial charge in [0.05, 0.1) is 0 Å². The molecule has 1 amide bonds. The number of carbonyl (C=O) groups excluding carboxylic acids is 3. The summed E-state index contributed by atoms with van der Waals surface area (Å²) in [6.07, 6.45) is -0.767. The van der Waals surface area contributed by atoms with Gasteiger partial charge in [-0.05, 0) is 51.8 Å². The van der Waals surface area contributed by atoms with Gasteiger partial charge in [0.1, 0.15) is 18.2 Å². The smallest absolute Gasteiger partial charge is 0.444 e. The van der Waals surface area contributed by atoms with Crippen LogP contribution in [0.25, 0.3) is 5.57 Å². The normalized spacial score (nSPS) is 11.6. The van der Waals surface area contributed by atoms with Crippen LogP contribution in [0.1, 0.15) is 45.7 Å². The molecule has 0 aromatic heterocycles. The topological polar surface area (TPSA) is 82.1 Å². The van der Waals surface area contributed by atoms with Crippen molar-refractivity contribution in [3.63, 3.8) is 0 Å². The minimum absolute atomic E-state index is 0.174. The highest BCUT2D eigenvalue weighted by molar-refractivity contribution is 5.87. The lowest BCUT2D eigenvalue weighted by Crippen LogP contribution is -2.48. The highest BCUT2D eigenvalue weighted by Crippen LogP contribution is 2.31. The van der Waals surface area contributed by atoms with E-state index >= 15 is 0 Å². The molecule has 0 heterocycles. The van der Waals surface area contributed by atoms with Gasteiger partial charge in [-0.1, -0.05) is 43.5 Å². The average Bonchev–Trinajstić information content (AvgIpc) is 2.69. The Bertz CT molecular complexity index is 855. The van der Waals surface area contributed by atoms with Gasteiger partial charge in [0.2, 0.25) is 0 Å². The van der Waals surface area contributed by atoms with Gasteiger partial charge in [-0.3, -0.25) is 0 Å². The van der Waals surface area contributed by atoms with Crippen molar-refractivity contribution < 1.29 is 28.7 Å². The summed E-state index contributed by atoms with van der Waals surface area (Å²) in [6, 6.07) is 7.35. The van der Waals surface area contributed by atoms with Crippen molar-refractivity contribution in [2.24, 2.45) is 0 Å². The molecule has 0 N–H and O–H groups in total. The predicted molar refractivity (Wildman–Crippen MR) is 114 cm³/mol. The van der Waals surface area contributed by atoms with Crippen LogP contribution in [0.5, 0.6) is 0 Å². The molecule has 0 saturated carbocycles. The number of carbonyl (C=O) groups is 3. The summed E-state index contributed by atoms with van der Waals surface area (Å²) in [5, 5.41) is 0.839. The fourth-order valence-electron chi connectivity index (χ4n) is 2.36. The van der Waals surface area contributed by atoms with E-state index in [0.29, 0.717) is 5.56 Å². The van der Waals surface area contributed by atoms with E-state index in [4.69, 9.17) is 14.3 Å². The summed E-state index contributed by atoms with van der Waals surface area (Å²) >= 11 is 0. The first-order valence-corrected chi connectivity index (χ1v) is 9.34. The molecular formula is C23H29NO6. The Balaban J connectivity index is 3.11. The van der Waals surface area contributed by atoms with E-state index in [2.05, 4.69) is 19.7 Å². The molecule has 0 radical (unpaired) electrons. The fraction of sp³-hybridized carbons (Fsp3) is 0.348. The number of esters is 1. The number of hydrogen-bond donors (Lipinski definition) is 0. The van der Waals surface area contributed by atoms with E-state index in [1.165, 1.54) is 6.92 Å². The first kappa shape index (κ1) is 24.7. The second kappa shape index (κ2) is 10.4. The van der Waals surface area contributed by atoms with Crippen LogP contribution in [-0.4, -0.2) is 35.8 Å². The van der Waals surface area contributed by atoms with Gasteiger partial charge in [-0.15, -0.1) is 5.06 Å². The van der Waals surface area contributed by atoms with Crippen molar-refractivity contribution in [1.82, 2.24) is 5.06 Å². The molecule has 1 aromatic rings. The number of amides is 1. The van der Waals surface area contributed by atoms with Crippen molar-refractivity contribution in [2.75, 3.05) is 6.61 Å². The maximum Gasteiger partial charge on any atom is 0.444 e. The van der Waals surface area contributed by atoms with Crippen LogP contribution in [-0.2, 0) is 29.4 Å². The Morgan fingerprint density at radius 3 is 2.37 bits per heavy atom. The predicted octanol–water partition coefficient (Wildman–Crippen LogP) is 4.55. The number of hydrogen-bond acceptors (Lipinski definition) is 6. The Labute approximate surface area is 177 Å². The molecule has 0 saturated heterocycles. The molecule has 1 atom stereocenters. The summed E-state index contributed by atoms with van der Waals surface area (Å²) in [5.74, 6) is -1.41. The third kappa shape index (κ3) is 6.62.